The molecule has 0 aromatic carbocycles. The van der Waals surface area contributed by atoms with E-state index in [1.807, 2.05) is 0 Å². The van der Waals surface area contributed by atoms with Crippen molar-refractivity contribution in [1.29, 1.82) is 0 Å². The SMILES string of the molecule is CC1CCC(CCNC2CCCCC2(C)C)CC1. The van der Waals surface area contributed by atoms with Crippen molar-refractivity contribution in [2.45, 2.75) is 84.6 Å². The van der Waals surface area contributed by atoms with Crippen LogP contribution in [0.25, 0.3) is 0 Å². The van der Waals surface area contributed by atoms with Gasteiger partial charge in [-0.15, -0.1) is 0 Å². The van der Waals surface area contributed by atoms with E-state index in [2.05, 4.69) is 26.1 Å². The van der Waals surface area contributed by atoms with Gasteiger partial charge in [0.15, 0.2) is 0 Å². The average Bonchev–Trinajstić information content (AvgIpc) is 2.33. The first kappa shape index (κ1) is 14.4. The molecule has 18 heavy (non-hydrogen) atoms. The maximum Gasteiger partial charge on any atom is 0.0118 e. The van der Waals surface area contributed by atoms with E-state index in [1.165, 1.54) is 64.3 Å². The van der Waals surface area contributed by atoms with E-state index in [-0.39, 0.29) is 0 Å². The molecule has 106 valence electrons. The van der Waals surface area contributed by atoms with Gasteiger partial charge in [-0.05, 0) is 43.1 Å². The Balaban J connectivity index is 1.65. The van der Waals surface area contributed by atoms with E-state index in [9.17, 15) is 0 Å². The van der Waals surface area contributed by atoms with Crippen molar-refractivity contribution in [3.63, 3.8) is 0 Å². The monoisotopic (exact) mass is 251 g/mol. The van der Waals surface area contributed by atoms with E-state index in [0.717, 1.165) is 17.9 Å². The molecule has 1 unspecified atom stereocenters. The minimum atomic E-state index is 0.527. The van der Waals surface area contributed by atoms with Crippen molar-refractivity contribution in [3.05, 3.63) is 0 Å². The van der Waals surface area contributed by atoms with Gasteiger partial charge >= 0.3 is 0 Å². The molecule has 2 aliphatic rings. The van der Waals surface area contributed by atoms with Crippen molar-refractivity contribution in [2.75, 3.05) is 6.54 Å². The quantitative estimate of drug-likeness (QED) is 0.759. The fourth-order valence-electron chi connectivity index (χ4n) is 3.95. The highest BCUT2D eigenvalue weighted by atomic mass is 14.9. The highest BCUT2D eigenvalue weighted by Gasteiger charge is 2.31. The fourth-order valence-corrected chi connectivity index (χ4v) is 3.95. The highest BCUT2D eigenvalue weighted by molar-refractivity contribution is 4.88. The van der Waals surface area contributed by atoms with Crippen molar-refractivity contribution >= 4 is 0 Å². The van der Waals surface area contributed by atoms with E-state index >= 15 is 0 Å². The van der Waals surface area contributed by atoms with Crippen LogP contribution >= 0.6 is 0 Å². The molecule has 2 rings (SSSR count). The second-order valence-corrected chi connectivity index (χ2v) is 7.66. The summed E-state index contributed by atoms with van der Waals surface area (Å²) < 4.78 is 0. The van der Waals surface area contributed by atoms with Crippen LogP contribution in [0.3, 0.4) is 0 Å². The molecule has 0 heterocycles. The highest BCUT2D eigenvalue weighted by Crippen LogP contribution is 2.35. The summed E-state index contributed by atoms with van der Waals surface area (Å²) in [5.41, 5.74) is 0.527. The minimum Gasteiger partial charge on any atom is -0.313 e. The topological polar surface area (TPSA) is 12.0 Å². The Kier molecular flexibility index (Phi) is 5.12. The molecule has 0 aliphatic heterocycles. The first-order valence-electron chi connectivity index (χ1n) is 8.31. The van der Waals surface area contributed by atoms with Gasteiger partial charge < -0.3 is 5.32 Å². The van der Waals surface area contributed by atoms with Crippen molar-refractivity contribution in [1.82, 2.24) is 5.32 Å². The smallest absolute Gasteiger partial charge is 0.0118 e. The maximum absolute atomic E-state index is 3.87. The largest absolute Gasteiger partial charge is 0.313 e. The molecule has 2 saturated carbocycles. The van der Waals surface area contributed by atoms with Gasteiger partial charge in [0.2, 0.25) is 0 Å². The molecule has 0 bridgehead atoms. The molecule has 1 heteroatoms. The average molecular weight is 251 g/mol. The zero-order valence-corrected chi connectivity index (χ0v) is 12.8. The van der Waals surface area contributed by atoms with Gasteiger partial charge in [0.25, 0.3) is 0 Å². The summed E-state index contributed by atoms with van der Waals surface area (Å²) in [4.78, 5) is 0. The third-order valence-electron chi connectivity index (χ3n) is 5.59. The maximum atomic E-state index is 3.87. The Morgan fingerprint density at radius 2 is 1.72 bits per heavy atom. The Labute approximate surface area is 114 Å². The third-order valence-corrected chi connectivity index (χ3v) is 5.59. The molecule has 0 amide bonds. The van der Waals surface area contributed by atoms with Gasteiger partial charge in [-0.25, -0.2) is 0 Å². The van der Waals surface area contributed by atoms with Gasteiger partial charge in [-0.3, -0.25) is 0 Å². The minimum absolute atomic E-state index is 0.527. The lowest BCUT2D eigenvalue weighted by Crippen LogP contribution is -2.44. The lowest BCUT2D eigenvalue weighted by molar-refractivity contribution is 0.163. The van der Waals surface area contributed by atoms with Crippen LogP contribution in [-0.4, -0.2) is 12.6 Å². The molecule has 2 fully saturated rings. The Bertz CT molecular complexity index is 238. The molecule has 0 spiro atoms. The predicted octanol–water partition coefficient (Wildman–Crippen LogP) is 4.76. The number of hydrogen-bond acceptors (Lipinski definition) is 1. The number of rotatable bonds is 4. The summed E-state index contributed by atoms with van der Waals surface area (Å²) in [5.74, 6) is 2.01. The predicted molar refractivity (Wildman–Crippen MR) is 79.8 cm³/mol. The first-order valence-corrected chi connectivity index (χ1v) is 8.31. The molecule has 1 atom stereocenters. The van der Waals surface area contributed by atoms with Gasteiger partial charge in [-0.2, -0.15) is 0 Å². The Hall–Kier alpha value is -0.0400. The van der Waals surface area contributed by atoms with Gasteiger partial charge in [0.1, 0.15) is 0 Å². The molecular formula is C17H33N. The van der Waals surface area contributed by atoms with Crippen molar-refractivity contribution in [3.8, 4) is 0 Å². The van der Waals surface area contributed by atoms with E-state index in [1.54, 1.807) is 0 Å². The van der Waals surface area contributed by atoms with Crippen LogP contribution in [0, 0.1) is 17.3 Å². The summed E-state index contributed by atoms with van der Waals surface area (Å²) in [5, 5.41) is 3.87. The van der Waals surface area contributed by atoms with Crippen LogP contribution in [0.1, 0.15) is 78.6 Å². The summed E-state index contributed by atoms with van der Waals surface area (Å²) in [6.45, 7) is 8.57. The van der Waals surface area contributed by atoms with Crippen LogP contribution in [0.2, 0.25) is 0 Å². The zero-order valence-electron chi connectivity index (χ0n) is 12.8. The second-order valence-electron chi connectivity index (χ2n) is 7.66. The second kappa shape index (κ2) is 6.41. The molecular weight excluding hydrogens is 218 g/mol. The van der Waals surface area contributed by atoms with Crippen LogP contribution < -0.4 is 5.32 Å². The Morgan fingerprint density at radius 3 is 2.39 bits per heavy atom. The zero-order chi connectivity index (χ0) is 13.0. The van der Waals surface area contributed by atoms with Crippen LogP contribution in [0.4, 0.5) is 0 Å². The molecule has 0 aromatic rings. The lowest BCUT2D eigenvalue weighted by Gasteiger charge is -2.39. The summed E-state index contributed by atoms with van der Waals surface area (Å²) in [6.07, 6.45) is 13.0. The lowest BCUT2D eigenvalue weighted by atomic mass is 9.73. The first-order chi connectivity index (χ1) is 8.58. The standard InChI is InChI=1S/C17H33N/c1-14-7-9-15(10-8-14)11-13-18-16-6-4-5-12-17(16,2)3/h14-16,18H,4-13H2,1-3H3. The van der Waals surface area contributed by atoms with Crippen molar-refractivity contribution in [2.24, 2.45) is 17.3 Å². The van der Waals surface area contributed by atoms with Gasteiger partial charge in [0.05, 0.1) is 0 Å². The summed E-state index contributed by atoms with van der Waals surface area (Å²) in [7, 11) is 0. The van der Waals surface area contributed by atoms with E-state index in [4.69, 9.17) is 0 Å². The fraction of sp³-hybridized carbons (Fsp3) is 1.00. The molecule has 1 N–H and O–H groups in total. The summed E-state index contributed by atoms with van der Waals surface area (Å²) in [6, 6.07) is 0.772. The number of nitrogens with one attached hydrogen (secondary N) is 1. The van der Waals surface area contributed by atoms with Crippen LogP contribution in [-0.2, 0) is 0 Å². The van der Waals surface area contributed by atoms with Crippen molar-refractivity contribution < 1.29 is 0 Å². The normalized spacial score (nSPS) is 36.5. The molecule has 0 saturated heterocycles. The molecule has 0 radical (unpaired) electrons. The van der Waals surface area contributed by atoms with E-state index < -0.39 is 0 Å². The Morgan fingerprint density at radius 1 is 1.00 bits per heavy atom. The third kappa shape index (κ3) is 3.98. The number of hydrogen-bond donors (Lipinski definition) is 1. The summed E-state index contributed by atoms with van der Waals surface area (Å²) >= 11 is 0. The molecule has 1 nitrogen and oxygen atoms in total. The van der Waals surface area contributed by atoms with Gasteiger partial charge in [-0.1, -0.05) is 59.3 Å². The van der Waals surface area contributed by atoms with Gasteiger partial charge in [0, 0.05) is 6.04 Å². The van der Waals surface area contributed by atoms with Crippen LogP contribution in [0.5, 0.6) is 0 Å². The molecule has 2 aliphatic carbocycles. The van der Waals surface area contributed by atoms with E-state index in [0.29, 0.717) is 5.41 Å². The van der Waals surface area contributed by atoms with Crippen LogP contribution in [0.15, 0.2) is 0 Å². The molecule has 0 aromatic heterocycles.